The van der Waals surface area contributed by atoms with Gasteiger partial charge in [-0.25, -0.2) is 0 Å². The van der Waals surface area contributed by atoms with Crippen molar-refractivity contribution >= 4 is 27.8 Å². The number of phenols is 1. The number of phenolic OH excluding ortho intramolecular Hbond substituents is 1. The Kier molecular flexibility index (Phi) is 5.95. The first-order valence-electron chi connectivity index (χ1n) is 12.3. The van der Waals surface area contributed by atoms with Gasteiger partial charge in [-0.05, 0) is 41.3 Å². The fourth-order valence-electron chi connectivity index (χ4n) is 5.18. The van der Waals surface area contributed by atoms with Crippen LogP contribution in [0.4, 0.5) is 0 Å². The van der Waals surface area contributed by atoms with Gasteiger partial charge >= 0.3 is 5.97 Å². The lowest BCUT2D eigenvalue weighted by molar-refractivity contribution is -0.135. The lowest BCUT2D eigenvalue weighted by Crippen LogP contribution is -2.26. The summed E-state index contributed by atoms with van der Waals surface area (Å²) in [6.07, 6.45) is 1.11. The highest BCUT2D eigenvalue weighted by Gasteiger charge is 2.35. The molecule has 0 bridgehead atoms. The highest BCUT2D eigenvalue weighted by molar-refractivity contribution is 5.94. The van der Waals surface area contributed by atoms with Crippen LogP contribution in [0.25, 0.3) is 33.0 Å². The summed E-state index contributed by atoms with van der Waals surface area (Å²) in [5.41, 5.74) is 0.918. The third-order valence-corrected chi connectivity index (χ3v) is 7.12. The maximum Gasteiger partial charge on any atom is 0.312 e. The molecule has 0 saturated heterocycles. The van der Waals surface area contributed by atoms with E-state index in [1.807, 2.05) is 0 Å². The first-order valence-corrected chi connectivity index (χ1v) is 12.3. The maximum absolute atomic E-state index is 13.7. The molecule has 1 aliphatic rings. The molecule has 0 fully saturated rings. The highest BCUT2D eigenvalue weighted by atomic mass is 16.5. The molecule has 1 aliphatic heterocycles. The largest absolute Gasteiger partial charge is 0.507 e. The van der Waals surface area contributed by atoms with Gasteiger partial charge in [0.15, 0.2) is 11.5 Å². The molecule has 202 valence electrons. The van der Waals surface area contributed by atoms with E-state index in [-0.39, 0.29) is 34.3 Å². The summed E-state index contributed by atoms with van der Waals surface area (Å²) >= 11 is 0. The number of aromatic hydroxyl groups is 1. The Hall–Kier alpha value is -5.25. The smallest absolute Gasteiger partial charge is 0.312 e. The fourth-order valence-corrected chi connectivity index (χ4v) is 5.18. The molecule has 5 aromatic rings. The highest BCUT2D eigenvalue weighted by Crippen LogP contribution is 2.45. The molecule has 40 heavy (non-hydrogen) atoms. The number of ether oxygens (including phenoxy) is 4. The summed E-state index contributed by atoms with van der Waals surface area (Å²) in [5, 5.41) is 11.5. The van der Waals surface area contributed by atoms with E-state index in [1.54, 1.807) is 42.5 Å². The number of rotatable bonds is 5. The molecule has 0 spiro atoms. The lowest BCUT2D eigenvalue weighted by atomic mass is 9.85. The van der Waals surface area contributed by atoms with Crippen molar-refractivity contribution in [1.82, 2.24) is 4.98 Å². The van der Waals surface area contributed by atoms with E-state index in [4.69, 9.17) is 23.4 Å². The first kappa shape index (κ1) is 25.1. The van der Waals surface area contributed by atoms with Crippen molar-refractivity contribution in [2.75, 3.05) is 21.3 Å². The van der Waals surface area contributed by atoms with Gasteiger partial charge in [-0.1, -0.05) is 6.07 Å². The quantitative estimate of drug-likeness (QED) is 0.244. The van der Waals surface area contributed by atoms with Crippen LogP contribution < -0.4 is 29.9 Å². The Bertz CT molecular complexity index is 1950. The van der Waals surface area contributed by atoms with Gasteiger partial charge in [-0.3, -0.25) is 14.4 Å². The number of hydrogen-bond acceptors (Lipinski definition) is 9. The lowest BCUT2D eigenvalue weighted by Gasteiger charge is -2.25. The van der Waals surface area contributed by atoms with Crippen LogP contribution in [0.5, 0.6) is 28.7 Å². The standard InChI is InChI=1S/C30H23NO9/c1-36-16-6-4-15-8-18(30(35)31-20(15)10-16)17-11-25(33)40-24-12-21(32)27-28(34)19(13-39-29(27)26(17)24)14-5-7-22(37-2)23(9-14)38-3/h4-10,12-13,17,32H,11H2,1-3H3,(H,31,35)/t17-/m0/s1. The predicted molar refractivity (Wildman–Crippen MR) is 146 cm³/mol. The van der Waals surface area contributed by atoms with Gasteiger partial charge in [0.25, 0.3) is 5.56 Å². The molecule has 10 nitrogen and oxygen atoms in total. The van der Waals surface area contributed by atoms with Gasteiger partial charge in [-0.15, -0.1) is 0 Å². The Morgan fingerprint density at radius 1 is 0.925 bits per heavy atom. The average Bonchev–Trinajstić information content (AvgIpc) is 2.95. The second-order valence-corrected chi connectivity index (χ2v) is 9.30. The molecule has 0 saturated carbocycles. The van der Waals surface area contributed by atoms with Crippen molar-refractivity contribution in [3.63, 3.8) is 0 Å². The Balaban J connectivity index is 1.57. The fraction of sp³-hybridized carbons (Fsp3) is 0.167. The molecule has 1 atom stereocenters. The van der Waals surface area contributed by atoms with Gasteiger partial charge in [-0.2, -0.15) is 0 Å². The van der Waals surface area contributed by atoms with Crippen LogP contribution in [-0.4, -0.2) is 37.4 Å². The van der Waals surface area contributed by atoms with E-state index in [1.165, 1.54) is 33.7 Å². The van der Waals surface area contributed by atoms with E-state index in [9.17, 15) is 19.5 Å². The van der Waals surface area contributed by atoms with E-state index >= 15 is 0 Å². The van der Waals surface area contributed by atoms with Crippen molar-refractivity contribution in [2.45, 2.75) is 12.3 Å². The number of nitrogens with one attached hydrogen (secondary N) is 1. The van der Waals surface area contributed by atoms with Crippen LogP contribution in [0.2, 0.25) is 0 Å². The second-order valence-electron chi connectivity index (χ2n) is 9.30. The zero-order valence-corrected chi connectivity index (χ0v) is 21.7. The number of fused-ring (bicyclic) bond motifs is 4. The molecule has 2 aromatic heterocycles. The Morgan fingerprint density at radius 3 is 2.48 bits per heavy atom. The minimum Gasteiger partial charge on any atom is -0.507 e. The monoisotopic (exact) mass is 541 g/mol. The topological polar surface area (TPSA) is 137 Å². The number of aromatic amines is 1. The number of methoxy groups -OCH3 is 3. The van der Waals surface area contributed by atoms with E-state index in [2.05, 4.69) is 4.98 Å². The SMILES string of the molecule is COc1ccc2cc([C@@H]3CC(=O)Oc4cc(O)c5c(=O)c(-c6ccc(OC)c(OC)c6)coc5c43)c(=O)[nH]c2c1. The van der Waals surface area contributed by atoms with Crippen LogP contribution in [-0.2, 0) is 4.79 Å². The van der Waals surface area contributed by atoms with Crippen molar-refractivity contribution in [3.05, 3.63) is 86.5 Å². The van der Waals surface area contributed by atoms with Gasteiger partial charge in [0.05, 0.1) is 38.8 Å². The number of pyridine rings is 1. The van der Waals surface area contributed by atoms with Gasteiger partial charge in [0, 0.05) is 29.2 Å². The average molecular weight is 542 g/mol. The third kappa shape index (κ3) is 3.92. The molecular formula is C30H23NO9. The zero-order chi connectivity index (χ0) is 28.1. The first-order chi connectivity index (χ1) is 19.3. The molecule has 0 amide bonds. The molecule has 3 heterocycles. The number of carbonyl (C=O) groups is 1. The molecule has 0 unspecified atom stereocenters. The van der Waals surface area contributed by atoms with Crippen molar-refractivity contribution in [1.29, 1.82) is 0 Å². The number of H-pyrrole nitrogens is 1. The van der Waals surface area contributed by atoms with E-state index < -0.39 is 28.6 Å². The van der Waals surface area contributed by atoms with Gasteiger partial charge < -0.3 is 33.5 Å². The van der Waals surface area contributed by atoms with Crippen LogP contribution in [0.15, 0.2) is 68.8 Å². The summed E-state index contributed by atoms with van der Waals surface area (Å²) in [4.78, 5) is 42.4. The van der Waals surface area contributed by atoms with Crippen LogP contribution in [0.3, 0.4) is 0 Å². The Morgan fingerprint density at radius 2 is 1.73 bits per heavy atom. The number of aromatic nitrogens is 1. The van der Waals surface area contributed by atoms with Crippen molar-refractivity contribution in [2.24, 2.45) is 0 Å². The minimum atomic E-state index is -0.801. The molecule has 0 aliphatic carbocycles. The summed E-state index contributed by atoms with van der Waals surface area (Å²) in [5.74, 6) is -0.318. The summed E-state index contributed by atoms with van der Waals surface area (Å²) < 4.78 is 27.3. The normalized spacial score (nSPS) is 14.6. The zero-order valence-electron chi connectivity index (χ0n) is 21.7. The van der Waals surface area contributed by atoms with Crippen LogP contribution >= 0.6 is 0 Å². The van der Waals surface area contributed by atoms with Crippen molar-refractivity contribution < 1.29 is 33.3 Å². The number of hydrogen-bond donors (Lipinski definition) is 2. The summed E-state index contributed by atoms with van der Waals surface area (Å²) in [6.45, 7) is 0. The van der Waals surface area contributed by atoms with Crippen LogP contribution in [0, 0.1) is 0 Å². The molecule has 0 radical (unpaired) electrons. The molecule has 10 heteroatoms. The summed E-state index contributed by atoms with van der Waals surface area (Å²) in [6, 6.07) is 13.1. The van der Waals surface area contributed by atoms with E-state index in [0.717, 1.165) is 5.39 Å². The Labute approximate surface area is 226 Å². The van der Waals surface area contributed by atoms with Gasteiger partial charge in [0.1, 0.15) is 34.5 Å². The van der Waals surface area contributed by atoms with Crippen LogP contribution in [0.1, 0.15) is 23.5 Å². The molecule has 6 rings (SSSR count). The summed E-state index contributed by atoms with van der Waals surface area (Å²) in [7, 11) is 4.52. The van der Waals surface area contributed by atoms with Crippen molar-refractivity contribution in [3.8, 4) is 39.9 Å². The van der Waals surface area contributed by atoms with Gasteiger partial charge in [0.2, 0.25) is 5.43 Å². The minimum absolute atomic E-state index is 0.0162. The van der Waals surface area contributed by atoms with E-state index in [0.29, 0.717) is 33.9 Å². The second kappa shape index (κ2) is 9.49. The predicted octanol–water partition coefficient (Wildman–Crippen LogP) is 4.47. The molecule has 2 N–H and O–H groups in total. The number of carbonyl (C=O) groups excluding carboxylic acids is 1. The maximum atomic E-state index is 13.7. The third-order valence-electron chi connectivity index (χ3n) is 7.12. The molecule has 3 aromatic carbocycles. The number of benzene rings is 3. The number of esters is 1. The molecular weight excluding hydrogens is 518 g/mol.